The highest BCUT2D eigenvalue weighted by molar-refractivity contribution is 7.10. The largest absolute Gasteiger partial charge is 0.496 e. The number of thiophene rings is 1. The normalized spacial score (nSPS) is 13.3. The maximum Gasteiger partial charge on any atom is 0.440 e. The number of nitrogens with one attached hydrogen (secondary N) is 1. The van der Waals surface area contributed by atoms with Crippen molar-refractivity contribution in [2.24, 2.45) is 0 Å². The molecule has 0 saturated carbocycles. The molecule has 0 spiro atoms. The number of amides is 1. The van der Waals surface area contributed by atoms with Crippen molar-refractivity contribution in [3.05, 3.63) is 64.1 Å². The number of benzene rings is 2. The molecular formula is C25H23N4O3S+. The molecule has 3 heterocycles. The number of methoxy groups -OCH3 is 1. The van der Waals surface area contributed by atoms with Gasteiger partial charge in [-0.05, 0) is 60.4 Å². The van der Waals surface area contributed by atoms with Crippen molar-refractivity contribution in [2.75, 3.05) is 18.6 Å². The lowest BCUT2D eigenvalue weighted by Gasteiger charge is -2.24. The molecule has 0 aliphatic carbocycles. The van der Waals surface area contributed by atoms with Gasteiger partial charge in [0.15, 0.2) is 5.52 Å². The zero-order valence-electron chi connectivity index (χ0n) is 18.4. The van der Waals surface area contributed by atoms with Gasteiger partial charge >= 0.3 is 12.0 Å². The van der Waals surface area contributed by atoms with Crippen LogP contribution >= 0.6 is 11.3 Å². The summed E-state index contributed by atoms with van der Waals surface area (Å²) >= 11 is 1.78. The van der Waals surface area contributed by atoms with Gasteiger partial charge in [-0.15, -0.1) is 11.3 Å². The SMILES string of the molecule is COc1cc(N2CCCCc3sccc32)ccc1C(=O)[N+](=C=O)c1cccc2[nH]c(C)nc12. The first-order valence-electron chi connectivity index (χ1n) is 10.8. The molecule has 0 bridgehead atoms. The minimum Gasteiger partial charge on any atom is -0.496 e. The van der Waals surface area contributed by atoms with E-state index in [0.29, 0.717) is 22.8 Å². The number of carbonyl (C=O) groups excluding carboxylic acids is 2. The fourth-order valence-corrected chi connectivity index (χ4v) is 5.29. The van der Waals surface area contributed by atoms with Gasteiger partial charge in [-0.25, -0.2) is 9.78 Å². The number of hydrogen-bond donors (Lipinski definition) is 1. The van der Waals surface area contributed by atoms with Gasteiger partial charge < -0.3 is 14.6 Å². The highest BCUT2D eigenvalue weighted by atomic mass is 32.1. The van der Waals surface area contributed by atoms with Crippen molar-refractivity contribution >= 4 is 51.4 Å². The van der Waals surface area contributed by atoms with Crippen LogP contribution in [0.25, 0.3) is 11.0 Å². The van der Waals surface area contributed by atoms with Crippen LogP contribution in [-0.2, 0) is 11.2 Å². The van der Waals surface area contributed by atoms with Crippen LogP contribution in [0, 0.1) is 6.92 Å². The third kappa shape index (κ3) is 3.73. The number of ether oxygens (including phenoxy) is 1. The zero-order valence-corrected chi connectivity index (χ0v) is 19.2. The second-order valence-electron chi connectivity index (χ2n) is 7.95. The van der Waals surface area contributed by atoms with Crippen LogP contribution in [0.2, 0.25) is 0 Å². The minimum absolute atomic E-state index is 0.286. The van der Waals surface area contributed by atoms with Gasteiger partial charge in [-0.1, -0.05) is 6.07 Å². The second-order valence-corrected chi connectivity index (χ2v) is 8.95. The molecule has 1 aliphatic rings. The molecule has 166 valence electrons. The number of H-pyrrole nitrogens is 1. The molecule has 5 rings (SSSR count). The summed E-state index contributed by atoms with van der Waals surface area (Å²) in [5, 5.41) is 2.12. The molecule has 0 atom stereocenters. The number of aromatic nitrogens is 2. The van der Waals surface area contributed by atoms with Crippen molar-refractivity contribution in [2.45, 2.75) is 26.2 Å². The molecule has 33 heavy (non-hydrogen) atoms. The van der Waals surface area contributed by atoms with Crippen molar-refractivity contribution in [1.82, 2.24) is 9.97 Å². The number of aromatic amines is 1. The zero-order chi connectivity index (χ0) is 22.9. The Morgan fingerprint density at radius 2 is 2.12 bits per heavy atom. The molecule has 0 saturated heterocycles. The lowest BCUT2D eigenvalue weighted by Crippen LogP contribution is -2.19. The van der Waals surface area contributed by atoms with Gasteiger partial charge in [-0.2, -0.15) is 4.79 Å². The van der Waals surface area contributed by atoms with Crippen LogP contribution in [0.1, 0.15) is 33.9 Å². The number of carbonyl (C=O) groups is 1. The van der Waals surface area contributed by atoms with Crippen LogP contribution in [0.5, 0.6) is 5.75 Å². The number of fused-ring (bicyclic) bond motifs is 2. The average Bonchev–Trinajstić information content (AvgIpc) is 3.40. The van der Waals surface area contributed by atoms with E-state index in [4.69, 9.17) is 4.74 Å². The number of anilines is 2. The summed E-state index contributed by atoms with van der Waals surface area (Å²) in [6, 6.07) is 12.9. The van der Waals surface area contributed by atoms with Crippen LogP contribution in [0.15, 0.2) is 47.8 Å². The van der Waals surface area contributed by atoms with Crippen molar-refractivity contribution in [3.63, 3.8) is 0 Å². The quantitative estimate of drug-likeness (QED) is 0.257. The Hall–Kier alpha value is -3.74. The first-order valence-corrected chi connectivity index (χ1v) is 11.7. The molecular weight excluding hydrogens is 436 g/mol. The summed E-state index contributed by atoms with van der Waals surface area (Å²) in [6.07, 6.45) is 5.10. The fraction of sp³-hybridized carbons (Fsp3) is 0.240. The summed E-state index contributed by atoms with van der Waals surface area (Å²) in [5.74, 6) is 0.584. The van der Waals surface area contributed by atoms with Crippen LogP contribution < -0.4 is 9.64 Å². The van der Waals surface area contributed by atoms with Crippen LogP contribution in [0.4, 0.5) is 17.1 Å². The van der Waals surface area contributed by atoms with Crippen LogP contribution in [-0.4, -0.2) is 40.2 Å². The van der Waals surface area contributed by atoms with E-state index in [9.17, 15) is 9.59 Å². The number of imidazole rings is 1. The van der Waals surface area contributed by atoms with E-state index in [2.05, 4.69) is 26.3 Å². The van der Waals surface area contributed by atoms with E-state index in [-0.39, 0.29) is 5.56 Å². The number of hydrogen-bond acceptors (Lipinski definition) is 6. The number of rotatable bonds is 4. The summed E-state index contributed by atoms with van der Waals surface area (Å²) in [6.45, 7) is 2.72. The number of aryl methyl sites for hydroxylation is 2. The maximum atomic E-state index is 13.4. The molecule has 2 aromatic heterocycles. The highest BCUT2D eigenvalue weighted by Crippen LogP contribution is 2.38. The summed E-state index contributed by atoms with van der Waals surface area (Å²) in [5.41, 5.74) is 4.11. The van der Waals surface area contributed by atoms with E-state index >= 15 is 0 Å². The maximum absolute atomic E-state index is 13.4. The second kappa shape index (κ2) is 8.65. The number of nitrogens with zero attached hydrogens (tertiary/aromatic N) is 3. The Morgan fingerprint density at radius 3 is 2.94 bits per heavy atom. The molecule has 1 N–H and O–H groups in total. The molecule has 0 unspecified atom stereocenters. The summed E-state index contributed by atoms with van der Waals surface area (Å²) in [7, 11) is 1.53. The van der Waals surface area contributed by atoms with Gasteiger partial charge in [0.25, 0.3) is 5.69 Å². The predicted molar refractivity (Wildman–Crippen MR) is 128 cm³/mol. The van der Waals surface area contributed by atoms with Gasteiger partial charge in [0, 0.05) is 29.2 Å². The van der Waals surface area contributed by atoms with Gasteiger partial charge in [0.05, 0.1) is 18.3 Å². The van der Waals surface area contributed by atoms with Crippen molar-refractivity contribution < 1.29 is 18.9 Å². The third-order valence-electron chi connectivity index (χ3n) is 5.92. The highest BCUT2D eigenvalue weighted by Gasteiger charge is 2.31. The van der Waals surface area contributed by atoms with E-state index in [1.165, 1.54) is 17.7 Å². The van der Waals surface area contributed by atoms with E-state index < -0.39 is 5.91 Å². The Bertz CT molecular complexity index is 1410. The van der Waals surface area contributed by atoms with Crippen molar-refractivity contribution in [3.8, 4) is 5.75 Å². The van der Waals surface area contributed by atoms with Gasteiger partial charge in [0.2, 0.25) is 0 Å². The van der Waals surface area contributed by atoms with Gasteiger partial charge in [0.1, 0.15) is 17.1 Å². The Morgan fingerprint density at radius 1 is 1.24 bits per heavy atom. The Labute approximate surface area is 195 Å². The fourth-order valence-electron chi connectivity index (χ4n) is 4.37. The lowest BCUT2D eigenvalue weighted by molar-refractivity contribution is -0.330. The molecule has 7 nitrogen and oxygen atoms in total. The van der Waals surface area contributed by atoms with Crippen LogP contribution in [0.3, 0.4) is 0 Å². The average molecular weight is 460 g/mol. The number of isocyanates is 1. The Balaban J connectivity index is 1.54. The smallest absolute Gasteiger partial charge is 0.440 e. The number of para-hydroxylation sites is 1. The standard InChI is InChI=1S/C25H23N4O3S/c1-16-26-19-6-5-7-21(24(19)27-16)29(15-30)25(31)18-10-9-17(14-22(18)32-2)28-12-4-3-8-23-20(28)11-13-33-23/h5-7,9-11,13-14H,3-4,8,12H2,1-2H3,(H,26,27)/q+1. The first kappa shape index (κ1) is 21.1. The molecule has 0 radical (unpaired) electrons. The van der Waals surface area contributed by atoms with E-state index in [1.807, 2.05) is 25.1 Å². The third-order valence-corrected chi connectivity index (χ3v) is 6.89. The predicted octanol–water partition coefficient (Wildman–Crippen LogP) is 5.24. The first-order chi connectivity index (χ1) is 16.1. The van der Waals surface area contributed by atoms with Gasteiger partial charge in [-0.3, -0.25) is 0 Å². The molecule has 2 aromatic carbocycles. The Kier molecular flexibility index (Phi) is 5.54. The minimum atomic E-state index is -0.520. The molecule has 1 aliphatic heterocycles. The monoisotopic (exact) mass is 459 g/mol. The summed E-state index contributed by atoms with van der Waals surface area (Å²) < 4.78 is 6.56. The lowest BCUT2D eigenvalue weighted by atomic mass is 10.1. The molecule has 4 aromatic rings. The summed E-state index contributed by atoms with van der Waals surface area (Å²) in [4.78, 5) is 36.6. The van der Waals surface area contributed by atoms with Crippen molar-refractivity contribution in [1.29, 1.82) is 0 Å². The molecule has 1 amide bonds. The van der Waals surface area contributed by atoms with E-state index in [0.717, 1.165) is 41.6 Å². The topological polar surface area (TPSA) is 78.3 Å². The molecule has 8 heteroatoms. The molecule has 0 fully saturated rings. The van der Waals surface area contributed by atoms with E-state index in [1.54, 1.807) is 35.6 Å².